The molecule has 0 bridgehead atoms. The molecule has 1 aromatic heterocycles. The van der Waals surface area contributed by atoms with Crippen molar-refractivity contribution in [3.05, 3.63) is 59.2 Å². The molecule has 0 radical (unpaired) electrons. The van der Waals surface area contributed by atoms with Gasteiger partial charge in [0.05, 0.1) is 23.6 Å². The van der Waals surface area contributed by atoms with E-state index in [9.17, 15) is 0 Å². The Labute approximate surface area is 114 Å². The highest BCUT2D eigenvalue weighted by Gasteiger charge is 2.14. The third-order valence-electron chi connectivity index (χ3n) is 3.09. The highest BCUT2D eigenvalue weighted by molar-refractivity contribution is 5.31. The Hall–Kier alpha value is -1.78. The van der Waals surface area contributed by atoms with Gasteiger partial charge in [0.15, 0.2) is 0 Å². The van der Waals surface area contributed by atoms with Crippen LogP contribution in [0.15, 0.2) is 36.7 Å². The van der Waals surface area contributed by atoms with Gasteiger partial charge in [0.25, 0.3) is 0 Å². The van der Waals surface area contributed by atoms with Gasteiger partial charge in [-0.25, -0.2) is 5.43 Å². The van der Waals surface area contributed by atoms with Crippen LogP contribution in [0.25, 0.3) is 0 Å². The average molecular weight is 256 g/mol. The zero-order chi connectivity index (χ0) is 13.7. The van der Waals surface area contributed by atoms with Gasteiger partial charge in [-0.3, -0.25) is 15.8 Å². The number of hydrogen-bond donors (Lipinski definition) is 2. The van der Waals surface area contributed by atoms with E-state index in [1.165, 1.54) is 5.56 Å². The number of hydrogen-bond acceptors (Lipinski definition) is 4. The number of nitrogens with two attached hydrogens (primary N) is 1. The van der Waals surface area contributed by atoms with Crippen molar-refractivity contribution in [2.45, 2.75) is 32.7 Å². The molecule has 3 N–H and O–H groups in total. The summed E-state index contributed by atoms with van der Waals surface area (Å²) in [7, 11) is 0. The van der Waals surface area contributed by atoms with Gasteiger partial charge in [-0.05, 0) is 24.5 Å². The number of hydrazine groups is 1. The van der Waals surface area contributed by atoms with Crippen LogP contribution < -0.4 is 11.3 Å². The first-order valence-electron chi connectivity index (χ1n) is 6.58. The predicted octanol–water partition coefficient (Wildman–Crippen LogP) is 2.29. The minimum absolute atomic E-state index is 0.120. The largest absolute Gasteiger partial charge is 0.271 e. The van der Waals surface area contributed by atoms with E-state index in [1.807, 2.05) is 6.92 Å². The fourth-order valence-electron chi connectivity index (χ4n) is 2.12. The molecule has 1 heterocycles. The third kappa shape index (κ3) is 3.36. The van der Waals surface area contributed by atoms with Crippen molar-refractivity contribution in [1.82, 2.24) is 15.4 Å². The number of aryl methyl sites for hydroxylation is 2. The van der Waals surface area contributed by atoms with Gasteiger partial charge in [0, 0.05) is 6.20 Å². The average Bonchev–Trinajstić information content (AvgIpc) is 2.43. The molecule has 1 aromatic carbocycles. The highest BCUT2D eigenvalue weighted by atomic mass is 15.2. The van der Waals surface area contributed by atoms with Crippen molar-refractivity contribution >= 4 is 0 Å². The van der Waals surface area contributed by atoms with Gasteiger partial charge in [-0.1, -0.05) is 37.6 Å². The summed E-state index contributed by atoms with van der Waals surface area (Å²) in [6, 6.07) is 8.32. The van der Waals surface area contributed by atoms with Crippen LogP contribution in [0, 0.1) is 6.92 Å². The molecule has 0 spiro atoms. The van der Waals surface area contributed by atoms with Crippen molar-refractivity contribution in [1.29, 1.82) is 0 Å². The molecule has 0 fully saturated rings. The highest BCUT2D eigenvalue weighted by Crippen LogP contribution is 2.20. The maximum atomic E-state index is 5.68. The van der Waals surface area contributed by atoms with Crippen LogP contribution >= 0.6 is 0 Å². The van der Waals surface area contributed by atoms with Crippen molar-refractivity contribution in [3.63, 3.8) is 0 Å². The Morgan fingerprint density at radius 1 is 1.26 bits per heavy atom. The van der Waals surface area contributed by atoms with Crippen LogP contribution in [0.1, 0.15) is 41.9 Å². The summed E-state index contributed by atoms with van der Waals surface area (Å²) in [6.45, 7) is 4.10. The van der Waals surface area contributed by atoms with Crippen LogP contribution in [0.3, 0.4) is 0 Å². The summed E-state index contributed by atoms with van der Waals surface area (Å²) < 4.78 is 0. The first-order valence-corrected chi connectivity index (χ1v) is 6.58. The second kappa shape index (κ2) is 6.41. The zero-order valence-electron chi connectivity index (χ0n) is 11.4. The molecule has 0 saturated heterocycles. The molecule has 0 amide bonds. The number of aromatic nitrogens is 2. The smallest absolute Gasteiger partial charge is 0.0897 e. The number of rotatable bonds is 5. The zero-order valence-corrected chi connectivity index (χ0v) is 11.4. The summed E-state index contributed by atoms with van der Waals surface area (Å²) in [5.74, 6) is 5.68. The van der Waals surface area contributed by atoms with E-state index >= 15 is 0 Å². The van der Waals surface area contributed by atoms with Crippen molar-refractivity contribution in [2.24, 2.45) is 5.84 Å². The second-order valence-electron chi connectivity index (χ2n) is 4.68. The molecular weight excluding hydrogens is 236 g/mol. The molecule has 19 heavy (non-hydrogen) atoms. The monoisotopic (exact) mass is 256 g/mol. The van der Waals surface area contributed by atoms with Crippen LogP contribution in [0.4, 0.5) is 0 Å². The summed E-state index contributed by atoms with van der Waals surface area (Å²) in [5.41, 5.74) is 6.99. The summed E-state index contributed by atoms with van der Waals surface area (Å²) in [4.78, 5) is 8.67. The third-order valence-corrected chi connectivity index (χ3v) is 3.09. The molecule has 1 atom stereocenters. The lowest BCUT2D eigenvalue weighted by atomic mass is 10.00. The first kappa shape index (κ1) is 13.6. The molecule has 0 aliphatic rings. The Bertz CT molecular complexity index is 522. The summed E-state index contributed by atoms with van der Waals surface area (Å²) in [5, 5.41) is 0. The van der Waals surface area contributed by atoms with Gasteiger partial charge in [0.2, 0.25) is 0 Å². The maximum Gasteiger partial charge on any atom is 0.0897 e. The molecule has 4 heteroatoms. The minimum atomic E-state index is -0.120. The minimum Gasteiger partial charge on any atom is -0.271 e. The van der Waals surface area contributed by atoms with E-state index < -0.39 is 0 Å². The Kier molecular flexibility index (Phi) is 4.60. The van der Waals surface area contributed by atoms with E-state index in [0.717, 1.165) is 29.8 Å². The molecule has 2 rings (SSSR count). The SMILES string of the molecule is CCCc1cccc(C(NN)c2cnc(C)cn2)c1. The molecule has 1 unspecified atom stereocenters. The van der Waals surface area contributed by atoms with E-state index in [4.69, 9.17) is 5.84 Å². The molecule has 0 aliphatic carbocycles. The Morgan fingerprint density at radius 3 is 2.74 bits per heavy atom. The molecular formula is C15H20N4. The lowest BCUT2D eigenvalue weighted by Crippen LogP contribution is -2.29. The molecule has 100 valence electrons. The number of nitrogens with one attached hydrogen (secondary N) is 1. The van der Waals surface area contributed by atoms with E-state index in [-0.39, 0.29) is 6.04 Å². The topological polar surface area (TPSA) is 63.8 Å². The lowest BCUT2D eigenvalue weighted by molar-refractivity contribution is 0.616. The summed E-state index contributed by atoms with van der Waals surface area (Å²) in [6.07, 6.45) is 5.74. The summed E-state index contributed by atoms with van der Waals surface area (Å²) >= 11 is 0. The van der Waals surface area contributed by atoms with E-state index in [2.05, 4.69) is 46.6 Å². The molecule has 0 saturated carbocycles. The van der Waals surface area contributed by atoms with Crippen molar-refractivity contribution in [2.75, 3.05) is 0 Å². The number of nitrogens with zero attached hydrogens (tertiary/aromatic N) is 2. The fourth-order valence-corrected chi connectivity index (χ4v) is 2.12. The standard InChI is InChI=1S/C15H20N4/c1-3-5-12-6-4-7-13(8-12)15(19-16)14-10-17-11(2)9-18-14/h4,6-10,15,19H,3,5,16H2,1-2H3. The van der Waals surface area contributed by atoms with Crippen LogP contribution in [0.2, 0.25) is 0 Å². The van der Waals surface area contributed by atoms with E-state index in [0.29, 0.717) is 0 Å². The first-order chi connectivity index (χ1) is 9.24. The normalized spacial score (nSPS) is 12.4. The Morgan fingerprint density at radius 2 is 2.11 bits per heavy atom. The van der Waals surface area contributed by atoms with Gasteiger partial charge >= 0.3 is 0 Å². The van der Waals surface area contributed by atoms with Crippen molar-refractivity contribution in [3.8, 4) is 0 Å². The van der Waals surface area contributed by atoms with E-state index in [1.54, 1.807) is 12.4 Å². The number of benzene rings is 1. The lowest BCUT2D eigenvalue weighted by Gasteiger charge is -2.16. The second-order valence-corrected chi connectivity index (χ2v) is 4.68. The quantitative estimate of drug-likeness (QED) is 0.636. The van der Waals surface area contributed by atoms with Gasteiger partial charge in [-0.2, -0.15) is 0 Å². The van der Waals surface area contributed by atoms with Crippen LogP contribution in [-0.2, 0) is 6.42 Å². The van der Waals surface area contributed by atoms with Gasteiger partial charge < -0.3 is 0 Å². The van der Waals surface area contributed by atoms with Crippen molar-refractivity contribution < 1.29 is 0 Å². The molecule has 2 aromatic rings. The molecule has 4 nitrogen and oxygen atoms in total. The van der Waals surface area contributed by atoms with Crippen LogP contribution in [0.5, 0.6) is 0 Å². The Balaban J connectivity index is 2.30. The predicted molar refractivity (Wildman–Crippen MR) is 76.4 cm³/mol. The van der Waals surface area contributed by atoms with Gasteiger partial charge in [0.1, 0.15) is 0 Å². The fraction of sp³-hybridized carbons (Fsp3) is 0.333. The van der Waals surface area contributed by atoms with Gasteiger partial charge in [-0.15, -0.1) is 0 Å². The maximum absolute atomic E-state index is 5.68. The van der Waals surface area contributed by atoms with Crippen LogP contribution in [-0.4, -0.2) is 9.97 Å². The molecule has 0 aliphatic heterocycles.